The molecule has 0 radical (unpaired) electrons. The number of carbonyl (C=O) groups is 1. The minimum Gasteiger partial charge on any atom is -0.490 e. The number of nitrogens with zero attached hydrogens (tertiary/aromatic N) is 1. The molecule has 2 N–H and O–H groups in total. The third-order valence-corrected chi connectivity index (χ3v) is 4.11. The van der Waals surface area contributed by atoms with Crippen LogP contribution in [0.4, 0.5) is 8.78 Å². The highest BCUT2D eigenvalue weighted by atomic mass is 35.5. The molecule has 1 amide bonds. The second-order valence-electron chi connectivity index (χ2n) is 6.32. The summed E-state index contributed by atoms with van der Waals surface area (Å²) in [7, 11) is 1.64. The minimum atomic E-state index is -2.94. The van der Waals surface area contributed by atoms with E-state index in [4.69, 9.17) is 10.5 Å². The van der Waals surface area contributed by atoms with Crippen LogP contribution in [0.5, 0.6) is 11.5 Å². The number of nitrogens with two attached hydrogens (primary N) is 1. The smallest absolute Gasteiger partial charge is 0.387 e. The number of ether oxygens (including phenoxy) is 2. The molecule has 28 heavy (non-hydrogen) atoms. The first-order valence-electron chi connectivity index (χ1n) is 8.56. The van der Waals surface area contributed by atoms with E-state index in [9.17, 15) is 13.6 Å². The van der Waals surface area contributed by atoms with Crippen LogP contribution in [0.25, 0.3) is 0 Å². The Bertz CT molecular complexity index is 773. The van der Waals surface area contributed by atoms with Gasteiger partial charge in [-0.25, -0.2) is 0 Å². The fourth-order valence-electron chi connectivity index (χ4n) is 2.76. The Kier molecular flexibility index (Phi) is 8.65. The summed E-state index contributed by atoms with van der Waals surface area (Å²) in [4.78, 5) is 14.3. The third-order valence-electron chi connectivity index (χ3n) is 4.11. The van der Waals surface area contributed by atoms with Crippen LogP contribution in [0.2, 0.25) is 0 Å². The highest BCUT2D eigenvalue weighted by Crippen LogP contribution is 2.30. The molecule has 1 atom stereocenters. The summed E-state index contributed by atoms with van der Waals surface area (Å²) in [5.74, 6) is -0.105. The molecule has 2 aromatic carbocycles. The maximum absolute atomic E-state index is 12.8. The Morgan fingerprint density at radius 1 is 1.18 bits per heavy atom. The summed E-state index contributed by atoms with van der Waals surface area (Å²) in [6, 6.07) is 13.7. The lowest BCUT2D eigenvalue weighted by atomic mass is 9.91. The van der Waals surface area contributed by atoms with Crippen LogP contribution < -0.4 is 15.2 Å². The van der Waals surface area contributed by atoms with E-state index in [0.717, 1.165) is 0 Å². The molecular weight excluding hydrogens is 390 g/mol. The zero-order chi connectivity index (χ0) is 20.0. The van der Waals surface area contributed by atoms with E-state index < -0.39 is 12.2 Å². The first kappa shape index (κ1) is 23.7. The van der Waals surface area contributed by atoms with Gasteiger partial charge in [0.25, 0.3) is 0 Å². The molecule has 0 aliphatic heterocycles. The summed E-state index contributed by atoms with van der Waals surface area (Å²) >= 11 is 0. The van der Waals surface area contributed by atoms with Crippen molar-refractivity contribution in [3.8, 4) is 11.5 Å². The van der Waals surface area contributed by atoms with E-state index >= 15 is 0 Å². The summed E-state index contributed by atoms with van der Waals surface area (Å²) in [5.41, 5.74) is 6.50. The van der Waals surface area contributed by atoms with Gasteiger partial charge < -0.3 is 20.1 Å². The van der Waals surface area contributed by atoms with Crippen molar-refractivity contribution < 1.29 is 23.0 Å². The van der Waals surface area contributed by atoms with E-state index in [1.807, 2.05) is 18.2 Å². The van der Waals surface area contributed by atoms with E-state index in [-0.39, 0.29) is 36.4 Å². The number of rotatable bonds is 8. The van der Waals surface area contributed by atoms with E-state index in [1.54, 1.807) is 45.2 Å². The monoisotopic (exact) mass is 414 g/mol. The van der Waals surface area contributed by atoms with Crippen LogP contribution in [-0.2, 0) is 16.9 Å². The van der Waals surface area contributed by atoms with Crippen molar-refractivity contribution in [3.05, 3.63) is 59.7 Å². The number of amides is 1. The molecule has 0 saturated carbocycles. The second-order valence-corrected chi connectivity index (χ2v) is 6.32. The molecule has 2 rings (SSSR count). The van der Waals surface area contributed by atoms with Gasteiger partial charge in [0.05, 0.1) is 6.61 Å². The lowest BCUT2D eigenvalue weighted by Crippen LogP contribution is -2.49. The molecule has 0 spiro atoms. The number of alkyl halides is 2. The number of halogens is 3. The van der Waals surface area contributed by atoms with E-state index in [2.05, 4.69) is 4.74 Å². The van der Waals surface area contributed by atoms with E-state index in [0.29, 0.717) is 17.7 Å². The van der Waals surface area contributed by atoms with Gasteiger partial charge in [-0.15, -0.1) is 12.4 Å². The summed E-state index contributed by atoms with van der Waals surface area (Å²) in [6.45, 7) is 1.00. The van der Waals surface area contributed by atoms with Crippen molar-refractivity contribution in [2.45, 2.75) is 32.5 Å². The highest BCUT2D eigenvalue weighted by molar-refractivity contribution is 5.87. The van der Waals surface area contributed by atoms with Crippen LogP contribution in [0.15, 0.2) is 48.5 Å². The number of carbonyl (C=O) groups excluding carboxylic acids is 1. The Morgan fingerprint density at radius 3 is 2.39 bits per heavy atom. The molecule has 0 saturated heterocycles. The normalized spacial score (nSPS) is 12.7. The van der Waals surface area contributed by atoms with Crippen molar-refractivity contribution in [1.82, 2.24) is 4.90 Å². The molecule has 0 aliphatic rings. The topological polar surface area (TPSA) is 64.8 Å². The molecule has 5 nitrogen and oxygen atoms in total. The fourth-order valence-corrected chi connectivity index (χ4v) is 2.76. The Hall–Kier alpha value is -2.38. The third kappa shape index (κ3) is 5.81. The van der Waals surface area contributed by atoms with Crippen LogP contribution >= 0.6 is 12.4 Å². The second kappa shape index (κ2) is 10.2. The van der Waals surface area contributed by atoms with Crippen LogP contribution in [0.1, 0.15) is 25.0 Å². The van der Waals surface area contributed by atoms with Gasteiger partial charge in [0.1, 0.15) is 5.54 Å². The van der Waals surface area contributed by atoms with Gasteiger partial charge in [-0.3, -0.25) is 4.79 Å². The first-order valence-corrected chi connectivity index (χ1v) is 8.56. The van der Waals surface area contributed by atoms with Crippen LogP contribution in [0, 0.1) is 0 Å². The summed E-state index contributed by atoms with van der Waals surface area (Å²) < 4.78 is 34.8. The number of hydrogen-bond donors (Lipinski definition) is 1. The maximum Gasteiger partial charge on any atom is 0.387 e. The van der Waals surface area contributed by atoms with Gasteiger partial charge >= 0.3 is 6.61 Å². The molecule has 0 fully saturated rings. The first-order chi connectivity index (χ1) is 12.8. The number of benzene rings is 2. The van der Waals surface area contributed by atoms with Crippen LogP contribution in [-0.4, -0.2) is 31.1 Å². The average Bonchev–Trinajstić information content (AvgIpc) is 2.63. The van der Waals surface area contributed by atoms with Gasteiger partial charge in [0, 0.05) is 13.6 Å². The predicted molar refractivity (Wildman–Crippen MR) is 106 cm³/mol. The van der Waals surface area contributed by atoms with Crippen molar-refractivity contribution in [2.24, 2.45) is 5.73 Å². The Balaban J connectivity index is 0.00000392. The van der Waals surface area contributed by atoms with Gasteiger partial charge in [0.2, 0.25) is 5.91 Å². The van der Waals surface area contributed by atoms with Crippen molar-refractivity contribution in [2.75, 3.05) is 13.7 Å². The maximum atomic E-state index is 12.8. The van der Waals surface area contributed by atoms with Gasteiger partial charge in [-0.05, 0) is 37.1 Å². The van der Waals surface area contributed by atoms with E-state index in [1.165, 1.54) is 11.0 Å². The van der Waals surface area contributed by atoms with Crippen molar-refractivity contribution in [1.29, 1.82) is 0 Å². The lowest BCUT2D eigenvalue weighted by molar-refractivity contribution is -0.136. The van der Waals surface area contributed by atoms with Gasteiger partial charge in [-0.2, -0.15) is 8.78 Å². The van der Waals surface area contributed by atoms with Gasteiger partial charge in [0.15, 0.2) is 11.5 Å². The Morgan fingerprint density at radius 2 is 1.82 bits per heavy atom. The molecular formula is C20H25ClF2N2O3. The minimum absolute atomic E-state index is 0. The molecule has 0 heterocycles. The highest BCUT2D eigenvalue weighted by Gasteiger charge is 2.33. The zero-order valence-corrected chi connectivity index (χ0v) is 16.8. The standard InChI is InChI=1S/C20H24F2N2O3.ClH/c1-4-26-17-12-14(10-11-16(17)27-19(21)22)13-24(3)18(25)20(2,23)15-8-6-5-7-9-15;/h5-12,19H,4,13,23H2,1-3H3;1H. The Labute approximate surface area is 169 Å². The lowest BCUT2D eigenvalue weighted by Gasteiger charge is -2.30. The molecule has 154 valence electrons. The number of likely N-dealkylation sites (N-methyl/N-ethyl adjacent to an activating group) is 1. The van der Waals surface area contributed by atoms with Crippen molar-refractivity contribution in [3.63, 3.8) is 0 Å². The molecule has 0 bridgehead atoms. The van der Waals surface area contributed by atoms with Crippen molar-refractivity contribution >= 4 is 18.3 Å². The summed E-state index contributed by atoms with van der Waals surface area (Å²) in [5, 5.41) is 0. The SMILES string of the molecule is CCOc1cc(CN(C)C(=O)C(C)(N)c2ccccc2)ccc1OC(F)F.Cl. The molecule has 8 heteroatoms. The average molecular weight is 415 g/mol. The quantitative estimate of drug-likeness (QED) is 0.710. The van der Waals surface area contributed by atoms with Gasteiger partial charge in [-0.1, -0.05) is 36.4 Å². The number of hydrogen-bond acceptors (Lipinski definition) is 4. The molecule has 1 unspecified atom stereocenters. The molecule has 0 aromatic heterocycles. The predicted octanol–water partition coefficient (Wildman–Crippen LogP) is 3.94. The molecule has 0 aliphatic carbocycles. The van der Waals surface area contributed by atoms with Crippen LogP contribution in [0.3, 0.4) is 0 Å². The zero-order valence-electron chi connectivity index (χ0n) is 16.0. The fraction of sp³-hybridized carbons (Fsp3) is 0.350. The summed E-state index contributed by atoms with van der Waals surface area (Å²) in [6.07, 6.45) is 0. The molecule has 2 aromatic rings. The largest absolute Gasteiger partial charge is 0.490 e.